The Balaban J connectivity index is 3.15. The minimum absolute atomic E-state index is 0.133. The maximum absolute atomic E-state index is 13.7. The second-order valence-electron chi connectivity index (χ2n) is 4.65. The Morgan fingerprint density at radius 3 is 2.57 bits per heavy atom. The Labute approximate surface area is 126 Å². The van der Waals surface area contributed by atoms with Crippen molar-refractivity contribution in [2.45, 2.75) is 31.6 Å². The summed E-state index contributed by atoms with van der Waals surface area (Å²) >= 11 is 0. The highest BCUT2D eigenvalue weighted by atomic mass is 35.7. The van der Waals surface area contributed by atoms with Gasteiger partial charge in [-0.05, 0) is 12.3 Å². The van der Waals surface area contributed by atoms with Crippen LogP contribution in [0.4, 0.5) is 10.1 Å². The van der Waals surface area contributed by atoms with E-state index in [-0.39, 0.29) is 18.3 Å². The fourth-order valence-corrected chi connectivity index (χ4v) is 2.68. The molecule has 1 aromatic carbocycles. The van der Waals surface area contributed by atoms with E-state index in [2.05, 4.69) is 0 Å². The van der Waals surface area contributed by atoms with E-state index in [1.54, 1.807) is 0 Å². The van der Waals surface area contributed by atoms with Crippen LogP contribution < -0.4 is 4.74 Å². The lowest BCUT2D eigenvalue weighted by atomic mass is 10.1. The molecule has 0 fully saturated rings. The molecule has 1 rings (SSSR count). The fourth-order valence-electron chi connectivity index (χ4n) is 1.78. The van der Waals surface area contributed by atoms with Crippen molar-refractivity contribution in [3.8, 4) is 5.75 Å². The molecule has 9 heteroatoms. The number of benzene rings is 1. The number of nitro groups is 1. The van der Waals surface area contributed by atoms with Crippen LogP contribution in [0, 0.1) is 21.8 Å². The molecule has 21 heavy (non-hydrogen) atoms. The Morgan fingerprint density at radius 1 is 1.48 bits per heavy atom. The van der Waals surface area contributed by atoms with Crippen molar-refractivity contribution < 1.29 is 22.5 Å². The average molecular weight is 340 g/mol. The molecule has 0 saturated carbocycles. The number of nitro benzene ring substituents is 1. The summed E-state index contributed by atoms with van der Waals surface area (Å²) in [4.78, 5) is 9.17. The van der Waals surface area contributed by atoms with E-state index in [4.69, 9.17) is 15.4 Å². The van der Waals surface area contributed by atoms with E-state index < -0.39 is 30.4 Å². The highest BCUT2D eigenvalue weighted by molar-refractivity contribution is 8.13. The predicted molar refractivity (Wildman–Crippen MR) is 75.7 cm³/mol. The Hall–Kier alpha value is -1.41. The first-order chi connectivity index (χ1) is 9.66. The quantitative estimate of drug-likeness (QED) is 0.431. The van der Waals surface area contributed by atoms with E-state index in [1.807, 2.05) is 13.8 Å². The topological polar surface area (TPSA) is 86.5 Å². The lowest BCUT2D eigenvalue weighted by Crippen LogP contribution is -2.10. The molecule has 0 heterocycles. The van der Waals surface area contributed by atoms with Gasteiger partial charge in [0.15, 0.2) is 5.75 Å². The number of hydrogen-bond acceptors (Lipinski definition) is 5. The molecule has 118 valence electrons. The molecule has 6 nitrogen and oxygen atoms in total. The monoisotopic (exact) mass is 339 g/mol. The zero-order chi connectivity index (χ0) is 16.2. The van der Waals surface area contributed by atoms with Crippen molar-refractivity contribution in [3.63, 3.8) is 0 Å². The zero-order valence-corrected chi connectivity index (χ0v) is 13.1. The molecule has 1 atom stereocenters. The molecule has 0 aliphatic heterocycles. The molecule has 0 amide bonds. The van der Waals surface area contributed by atoms with Gasteiger partial charge in [0.1, 0.15) is 10.7 Å². The van der Waals surface area contributed by atoms with Crippen molar-refractivity contribution in [1.29, 1.82) is 0 Å². The molecular formula is C12H15ClFNO5S. The third-order valence-corrected chi connectivity index (χ3v) is 4.11. The summed E-state index contributed by atoms with van der Waals surface area (Å²) in [6.45, 7) is 4.04. The predicted octanol–water partition coefficient (Wildman–Crippen LogP) is 3.48. The summed E-state index contributed by atoms with van der Waals surface area (Å²) in [7, 11) is 0.621. The number of rotatable bonds is 7. The third-order valence-electron chi connectivity index (χ3n) is 2.78. The van der Waals surface area contributed by atoms with Crippen LogP contribution in [0.5, 0.6) is 5.75 Å². The van der Waals surface area contributed by atoms with E-state index in [0.29, 0.717) is 12.1 Å². The lowest BCUT2D eigenvalue weighted by Gasteiger charge is -2.12. The van der Waals surface area contributed by atoms with Gasteiger partial charge in [0.2, 0.25) is 0 Å². The van der Waals surface area contributed by atoms with Gasteiger partial charge in [-0.3, -0.25) is 10.1 Å². The summed E-state index contributed by atoms with van der Waals surface area (Å²) < 4.78 is 41.2. The van der Waals surface area contributed by atoms with Crippen LogP contribution in [-0.2, 0) is 9.05 Å². The number of hydrogen-bond donors (Lipinski definition) is 0. The number of halogens is 2. The van der Waals surface area contributed by atoms with Gasteiger partial charge in [-0.25, -0.2) is 12.8 Å². The molecule has 1 unspecified atom stereocenters. The van der Waals surface area contributed by atoms with Gasteiger partial charge in [0.25, 0.3) is 9.05 Å². The van der Waals surface area contributed by atoms with Crippen LogP contribution in [0.3, 0.4) is 0 Å². The molecule has 0 aliphatic carbocycles. The molecule has 1 aromatic rings. The highest BCUT2D eigenvalue weighted by Gasteiger charge is 2.26. The van der Waals surface area contributed by atoms with E-state index >= 15 is 0 Å². The van der Waals surface area contributed by atoms with Crippen LogP contribution in [0.15, 0.2) is 17.0 Å². The van der Waals surface area contributed by atoms with Gasteiger partial charge in [-0.2, -0.15) is 0 Å². The van der Waals surface area contributed by atoms with Gasteiger partial charge in [0, 0.05) is 22.8 Å². The summed E-state index contributed by atoms with van der Waals surface area (Å²) in [5, 5.41) is 10.9. The standard InChI is InChI=1S/C12H15ClFNO5S/c1-3-4-8(2)7-20-11-5-9(14)12(21(13,18)19)6-10(11)15(16)17/h5-6,8H,3-4,7H2,1-2H3. The number of ether oxygens (including phenoxy) is 1. The van der Waals surface area contributed by atoms with Crippen molar-refractivity contribution >= 4 is 25.4 Å². The van der Waals surface area contributed by atoms with Gasteiger partial charge in [-0.15, -0.1) is 0 Å². The van der Waals surface area contributed by atoms with Gasteiger partial charge >= 0.3 is 5.69 Å². The molecule has 0 saturated heterocycles. The van der Waals surface area contributed by atoms with Crippen LogP contribution in [-0.4, -0.2) is 19.9 Å². The van der Waals surface area contributed by atoms with Crippen LogP contribution >= 0.6 is 10.7 Å². The summed E-state index contributed by atoms with van der Waals surface area (Å²) in [5.41, 5.74) is -0.640. The molecule has 0 radical (unpaired) electrons. The van der Waals surface area contributed by atoms with Crippen LogP contribution in [0.1, 0.15) is 26.7 Å². The summed E-state index contributed by atoms with van der Waals surface area (Å²) in [6.07, 6.45) is 1.77. The second-order valence-corrected chi connectivity index (χ2v) is 7.18. The van der Waals surface area contributed by atoms with E-state index in [1.165, 1.54) is 0 Å². The van der Waals surface area contributed by atoms with Crippen molar-refractivity contribution in [2.24, 2.45) is 5.92 Å². The van der Waals surface area contributed by atoms with E-state index in [0.717, 1.165) is 12.8 Å². The maximum atomic E-state index is 13.7. The fraction of sp³-hybridized carbons (Fsp3) is 0.500. The second kappa shape index (κ2) is 7.04. The van der Waals surface area contributed by atoms with Crippen LogP contribution in [0.25, 0.3) is 0 Å². The molecular weight excluding hydrogens is 325 g/mol. The zero-order valence-electron chi connectivity index (χ0n) is 11.5. The van der Waals surface area contributed by atoms with Crippen molar-refractivity contribution in [2.75, 3.05) is 6.61 Å². The Morgan fingerprint density at radius 2 is 2.10 bits per heavy atom. The first-order valence-electron chi connectivity index (χ1n) is 6.22. The van der Waals surface area contributed by atoms with Gasteiger partial charge in [0.05, 0.1) is 11.5 Å². The molecule has 0 bridgehead atoms. The van der Waals surface area contributed by atoms with Crippen molar-refractivity contribution in [1.82, 2.24) is 0 Å². The molecule has 0 aliphatic rings. The highest BCUT2D eigenvalue weighted by Crippen LogP contribution is 2.33. The molecule has 0 N–H and O–H groups in total. The first kappa shape index (κ1) is 17.6. The average Bonchev–Trinajstić information content (AvgIpc) is 2.34. The molecule has 0 spiro atoms. The van der Waals surface area contributed by atoms with Gasteiger partial charge in [-0.1, -0.05) is 20.3 Å². The normalized spacial score (nSPS) is 13.0. The minimum Gasteiger partial charge on any atom is -0.486 e. The molecule has 0 aromatic heterocycles. The third kappa shape index (κ3) is 4.82. The van der Waals surface area contributed by atoms with Gasteiger partial charge < -0.3 is 4.74 Å². The maximum Gasteiger partial charge on any atom is 0.312 e. The summed E-state index contributed by atoms with van der Waals surface area (Å²) in [5.74, 6) is -1.37. The largest absolute Gasteiger partial charge is 0.486 e. The summed E-state index contributed by atoms with van der Waals surface area (Å²) in [6, 6.07) is 1.24. The van der Waals surface area contributed by atoms with Crippen LogP contribution in [0.2, 0.25) is 0 Å². The lowest BCUT2D eigenvalue weighted by molar-refractivity contribution is -0.386. The van der Waals surface area contributed by atoms with Crippen molar-refractivity contribution in [3.05, 3.63) is 28.1 Å². The first-order valence-corrected chi connectivity index (χ1v) is 8.53. The SMILES string of the molecule is CCCC(C)COc1cc(F)c(S(=O)(=O)Cl)cc1[N+](=O)[O-]. The minimum atomic E-state index is -4.41. The van der Waals surface area contributed by atoms with E-state index in [9.17, 15) is 22.9 Å². The number of nitrogens with zero attached hydrogens (tertiary/aromatic N) is 1. The Bertz CT molecular complexity index is 635. The Kier molecular flexibility index (Phi) is 5.91. The smallest absolute Gasteiger partial charge is 0.312 e.